The van der Waals surface area contributed by atoms with Crippen molar-refractivity contribution < 1.29 is 14.1 Å². The molecule has 1 unspecified atom stereocenters. The molecule has 1 atom stereocenters. The van der Waals surface area contributed by atoms with Gasteiger partial charge in [0.05, 0.1) is 23.4 Å². The van der Waals surface area contributed by atoms with E-state index in [-0.39, 0.29) is 11.9 Å². The number of aryl methyl sites for hydroxylation is 1. The van der Waals surface area contributed by atoms with Gasteiger partial charge in [-0.3, -0.25) is 4.79 Å². The Morgan fingerprint density at radius 2 is 2.10 bits per heavy atom. The first kappa shape index (κ1) is 20.8. The lowest BCUT2D eigenvalue weighted by Gasteiger charge is -2.22. The molecule has 3 aromatic heterocycles. The minimum atomic E-state index is -0.218. The summed E-state index contributed by atoms with van der Waals surface area (Å²) in [6.07, 6.45) is 3.02. The van der Waals surface area contributed by atoms with Crippen molar-refractivity contribution in [2.24, 2.45) is 0 Å². The third-order valence-corrected chi connectivity index (χ3v) is 6.53. The molecule has 0 aliphatic heterocycles. The van der Waals surface area contributed by atoms with Gasteiger partial charge in [0, 0.05) is 25.2 Å². The second kappa shape index (κ2) is 8.73. The van der Waals surface area contributed by atoms with Crippen LogP contribution >= 0.6 is 11.3 Å². The van der Waals surface area contributed by atoms with E-state index in [1.165, 1.54) is 23.9 Å². The predicted molar refractivity (Wildman–Crippen MR) is 119 cm³/mol. The summed E-state index contributed by atoms with van der Waals surface area (Å²) >= 11 is 1.37. The molecule has 0 saturated heterocycles. The van der Waals surface area contributed by atoms with Gasteiger partial charge in [0.1, 0.15) is 34.7 Å². The topological polar surface area (TPSA) is 93.4 Å². The zero-order valence-electron chi connectivity index (χ0n) is 17.7. The Bertz CT molecular complexity index is 1210. The minimum Gasteiger partial charge on any atom is -0.496 e. The van der Waals surface area contributed by atoms with Crippen LogP contribution in [0.3, 0.4) is 0 Å². The molecule has 4 rings (SSSR count). The molecule has 1 aromatic carbocycles. The summed E-state index contributed by atoms with van der Waals surface area (Å²) in [5.74, 6) is 1.41. The van der Waals surface area contributed by atoms with Crippen LogP contribution in [0.15, 0.2) is 47.4 Å². The summed E-state index contributed by atoms with van der Waals surface area (Å²) in [5, 5.41) is 8.18. The predicted octanol–water partition coefficient (Wildman–Crippen LogP) is 4.44. The highest BCUT2D eigenvalue weighted by Gasteiger charge is 2.26. The van der Waals surface area contributed by atoms with Gasteiger partial charge in [-0.2, -0.15) is 0 Å². The normalized spacial score (nSPS) is 12.0. The monoisotopic (exact) mass is 437 g/mol. The highest BCUT2D eigenvalue weighted by atomic mass is 32.1. The minimum absolute atomic E-state index is 0.0910. The Hall–Kier alpha value is -3.46. The molecule has 8 nitrogen and oxygen atoms in total. The molecule has 0 aliphatic carbocycles. The average molecular weight is 438 g/mol. The van der Waals surface area contributed by atoms with Crippen LogP contribution in [-0.2, 0) is 6.54 Å². The number of fused-ring (bicyclic) bond motifs is 1. The zero-order chi connectivity index (χ0) is 22.0. The van der Waals surface area contributed by atoms with Gasteiger partial charge >= 0.3 is 0 Å². The molecule has 0 saturated carbocycles. The van der Waals surface area contributed by atoms with Gasteiger partial charge < -0.3 is 19.5 Å². The number of amides is 1. The van der Waals surface area contributed by atoms with Crippen LogP contribution in [0, 0.1) is 6.92 Å². The number of benzene rings is 1. The maximum atomic E-state index is 13.2. The number of ether oxygens (including phenoxy) is 1. The van der Waals surface area contributed by atoms with Gasteiger partial charge in [0.2, 0.25) is 0 Å². The number of nitrogens with one attached hydrogen (secondary N) is 1. The van der Waals surface area contributed by atoms with E-state index in [2.05, 4.69) is 20.4 Å². The third-order valence-electron chi connectivity index (χ3n) is 5.35. The molecule has 0 fully saturated rings. The molecule has 0 spiro atoms. The molecule has 31 heavy (non-hydrogen) atoms. The van der Waals surface area contributed by atoms with Gasteiger partial charge in [0.25, 0.3) is 5.91 Å². The van der Waals surface area contributed by atoms with E-state index in [1.807, 2.05) is 38.1 Å². The van der Waals surface area contributed by atoms with Crippen molar-refractivity contribution in [2.75, 3.05) is 19.5 Å². The second-order valence-electron chi connectivity index (χ2n) is 7.14. The number of methoxy groups -OCH3 is 1. The van der Waals surface area contributed by atoms with E-state index < -0.39 is 0 Å². The van der Waals surface area contributed by atoms with E-state index in [1.54, 1.807) is 25.1 Å². The van der Waals surface area contributed by atoms with Gasteiger partial charge in [-0.25, -0.2) is 9.97 Å². The first-order valence-electron chi connectivity index (χ1n) is 9.78. The van der Waals surface area contributed by atoms with Crippen molar-refractivity contribution in [1.29, 1.82) is 0 Å². The molecule has 0 aliphatic rings. The zero-order valence-corrected chi connectivity index (χ0v) is 18.6. The Kier molecular flexibility index (Phi) is 5.85. The molecule has 160 valence electrons. The first-order valence-corrected chi connectivity index (χ1v) is 10.6. The number of carbonyl (C=O) groups excluding carboxylic acids is 1. The van der Waals surface area contributed by atoms with E-state index in [0.29, 0.717) is 22.9 Å². The van der Waals surface area contributed by atoms with Crippen LogP contribution in [0.2, 0.25) is 0 Å². The van der Waals surface area contributed by atoms with Crippen LogP contribution in [-0.4, -0.2) is 40.1 Å². The molecular formula is C22H23N5O3S. The number of hydrogen-bond donors (Lipinski definition) is 1. The first-order chi connectivity index (χ1) is 15.0. The highest BCUT2D eigenvalue weighted by Crippen LogP contribution is 2.35. The Balaban J connectivity index is 1.62. The van der Waals surface area contributed by atoms with Crippen LogP contribution in [0.1, 0.15) is 39.5 Å². The van der Waals surface area contributed by atoms with E-state index in [0.717, 1.165) is 27.1 Å². The molecule has 1 amide bonds. The number of thiophene rings is 1. The van der Waals surface area contributed by atoms with Gasteiger partial charge in [-0.05, 0) is 25.5 Å². The molecule has 1 N–H and O–H groups in total. The van der Waals surface area contributed by atoms with Crippen LogP contribution in [0.4, 0.5) is 5.82 Å². The number of para-hydroxylation sites is 1. The maximum Gasteiger partial charge on any atom is 0.264 e. The summed E-state index contributed by atoms with van der Waals surface area (Å²) in [4.78, 5) is 25.1. The average Bonchev–Trinajstić information content (AvgIpc) is 3.45. The van der Waals surface area contributed by atoms with E-state index in [9.17, 15) is 4.79 Å². The maximum absolute atomic E-state index is 13.2. The number of rotatable bonds is 7. The van der Waals surface area contributed by atoms with Crippen LogP contribution < -0.4 is 10.1 Å². The SMILES string of the molecule is COc1ccccc1CNc1ncnc2sc(C(=O)N(C)C(C)c3ccon3)c(C)c12. The number of anilines is 1. The van der Waals surface area contributed by atoms with Gasteiger partial charge in [0.15, 0.2) is 0 Å². The summed E-state index contributed by atoms with van der Waals surface area (Å²) in [5.41, 5.74) is 2.57. The number of carbonyl (C=O) groups is 1. The van der Waals surface area contributed by atoms with Gasteiger partial charge in [-0.1, -0.05) is 23.4 Å². The smallest absolute Gasteiger partial charge is 0.264 e. The van der Waals surface area contributed by atoms with E-state index in [4.69, 9.17) is 9.26 Å². The fourth-order valence-corrected chi connectivity index (χ4v) is 4.54. The van der Waals surface area contributed by atoms with E-state index >= 15 is 0 Å². The molecule has 9 heteroatoms. The molecule has 3 heterocycles. The lowest BCUT2D eigenvalue weighted by Crippen LogP contribution is -2.29. The standard InChI is InChI=1S/C22H23N5O3S/c1-13-18-20(23-11-15-7-5-6-8-17(15)29-4)24-12-25-21(18)31-19(13)22(28)27(3)14(2)16-9-10-30-26-16/h5-10,12,14H,11H2,1-4H3,(H,23,24,25). The second-order valence-corrected chi connectivity index (χ2v) is 8.14. The van der Waals surface area contributed by atoms with Crippen LogP contribution in [0.5, 0.6) is 5.75 Å². The van der Waals surface area contributed by atoms with Gasteiger partial charge in [-0.15, -0.1) is 11.3 Å². The largest absolute Gasteiger partial charge is 0.496 e. The van der Waals surface area contributed by atoms with Crippen molar-refractivity contribution in [3.63, 3.8) is 0 Å². The quantitative estimate of drug-likeness (QED) is 0.457. The highest BCUT2D eigenvalue weighted by molar-refractivity contribution is 7.20. The van der Waals surface area contributed by atoms with Crippen molar-refractivity contribution in [2.45, 2.75) is 26.4 Å². The summed E-state index contributed by atoms with van der Waals surface area (Å²) in [6, 6.07) is 9.36. The van der Waals surface area contributed by atoms with Crippen molar-refractivity contribution in [3.8, 4) is 5.75 Å². The molecular weight excluding hydrogens is 414 g/mol. The van der Waals surface area contributed by atoms with Crippen molar-refractivity contribution in [3.05, 3.63) is 64.6 Å². The number of aromatic nitrogens is 3. The molecule has 0 bridgehead atoms. The third kappa shape index (κ3) is 3.96. The summed E-state index contributed by atoms with van der Waals surface area (Å²) in [6.45, 7) is 4.38. The number of nitrogens with zero attached hydrogens (tertiary/aromatic N) is 4. The number of hydrogen-bond acceptors (Lipinski definition) is 8. The lowest BCUT2D eigenvalue weighted by atomic mass is 10.1. The fourth-order valence-electron chi connectivity index (χ4n) is 3.41. The lowest BCUT2D eigenvalue weighted by molar-refractivity contribution is 0.0742. The van der Waals surface area contributed by atoms with Crippen LogP contribution in [0.25, 0.3) is 10.2 Å². The van der Waals surface area contributed by atoms with Crippen molar-refractivity contribution in [1.82, 2.24) is 20.0 Å². The summed E-state index contributed by atoms with van der Waals surface area (Å²) in [7, 11) is 3.41. The Labute approximate surface area is 183 Å². The molecule has 4 aromatic rings. The Morgan fingerprint density at radius 1 is 1.29 bits per heavy atom. The fraction of sp³-hybridized carbons (Fsp3) is 0.273. The Morgan fingerprint density at radius 3 is 2.84 bits per heavy atom. The molecule has 0 radical (unpaired) electrons. The van der Waals surface area contributed by atoms with Crippen molar-refractivity contribution >= 4 is 33.3 Å². The summed E-state index contributed by atoms with van der Waals surface area (Å²) < 4.78 is 10.3.